The first-order chi connectivity index (χ1) is 7.40. The molecule has 0 aliphatic heterocycles. The number of primary amides is 1. The van der Waals surface area contributed by atoms with Crippen LogP contribution in [-0.4, -0.2) is 21.1 Å². The predicted molar refractivity (Wildman–Crippen MR) is 61.8 cm³/mol. The fourth-order valence-electron chi connectivity index (χ4n) is 1.15. The lowest BCUT2D eigenvalue weighted by atomic mass is 10.4. The average Bonchev–Trinajstić information content (AvgIpc) is 2.62. The number of carbonyl (C=O) groups is 2. The minimum atomic E-state index is -0.957. The molecule has 5 nitrogen and oxygen atoms in total. The smallest absolute Gasteiger partial charge is 0.277 e. The van der Waals surface area contributed by atoms with Crippen molar-refractivity contribution in [3.8, 4) is 0 Å². The second-order valence-corrected chi connectivity index (χ2v) is 5.97. The maximum absolute atomic E-state index is 11.6. The Hall–Kier alpha value is -0.850. The molecule has 0 radical (unpaired) electrons. The van der Waals surface area contributed by atoms with Crippen molar-refractivity contribution in [2.24, 2.45) is 11.7 Å². The number of nitrogens with zero attached hydrogens (tertiary/aromatic N) is 1. The van der Waals surface area contributed by atoms with E-state index in [0.29, 0.717) is 11.4 Å². The first-order valence-electron chi connectivity index (χ1n) is 4.34. The summed E-state index contributed by atoms with van der Waals surface area (Å²) >= 11 is 12.5. The van der Waals surface area contributed by atoms with Gasteiger partial charge in [0.15, 0.2) is 5.01 Å². The Bertz CT molecular complexity index is 460. The van der Waals surface area contributed by atoms with E-state index in [1.807, 2.05) is 0 Å². The molecular weight excluding hydrogens is 273 g/mol. The third kappa shape index (κ3) is 2.28. The highest BCUT2D eigenvalue weighted by Gasteiger charge is 2.56. The van der Waals surface area contributed by atoms with Gasteiger partial charge in [-0.1, -0.05) is 11.3 Å². The first kappa shape index (κ1) is 11.6. The molecule has 1 aliphatic carbocycles. The number of anilines is 1. The Morgan fingerprint density at radius 2 is 2.25 bits per heavy atom. The third-order valence-corrected chi connectivity index (χ3v) is 3.87. The van der Waals surface area contributed by atoms with Gasteiger partial charge in [0.25, 0.3) is 5.91 Å². The van der Waals surface area contributed by atoms with Crippen molar-refractivity contribution in [2.75, 3.05) is 5.32 Å². The van der Waals surface area contributed by atoms with Gasteiger partial charge >= 0.3 is 0 Å². The van der Waals surface area contributed by atoms with Gasteiger partial charge in [-0.05, 0) is 6.42 Å². The molecule has 1 fully saturated rings. The third-order valence-electron chi connectivity index (χ3n) is 2.11. The molecular formula is C8H7Cl2N3O2S. The number of halogens is 2. The highest BCUT2D eigenvalue weighted by atomic mass is 35.5. The summed E-state index contributed by atoms with van der Waals surface area (Å²) in [6.45, 7) is 0. The van der Waals surface area contributed by atoms with E-state index in [-0.39, 0.29) is 10.9 Å². The molecule has 86 valence electrons. The molecule has 1 aliphatic rings. The largest absolute Gasteiger partial charge is 0.364 e. The SMILES string of the molecule is NC(=O)c1ncc(NC(=O)C2CC2(Cl)Cl)s1. The molecule has 1 unspecified atom stereocenters. The van der Waals surface area contributed by atoms with Crippen LogP contribution in [0.2, 0.25) is 0 Å². The highest BCUT2D eigenvalue weighted by Crippen LogP contribution is 2.53. The van der Waals surface area contributed by atoms with Crippen molar-refractivity contribution in [1.29, 1.82) is 0 Å². The van der Waals surface area contributed by atoms with E-state index < -0.39 is 16.2 Å². The van der Waals surface area contributed by atoms with Gasteiger partial charge in [-0.2, -0.15) is 0 Å². The van der Waals surface area contributed by atoms with Crippen molar-refractivity contribution in [2.45, 2.75) is 10.8 Å². The van der Waals surface area contributed by atoms with E-state index in [4.69, 9.17) is 28.9 Å². The lowest BCUT2D eigenvalue weighted by molar-refractivity contribution is -0.117. The zero-order chi connectivity index (χ0) is 11.9. The minimum Gasteiger partial charge on any atom is -0.364 e. The monoisotopic (exact) mass is 279 g/mol. The van der Waals surface area contributed by atoms with Gasteiger partial charge in [-0.3, -0.25) is 9.59 Å². The summed E-state index contributed by atoms with van der Waals surface area (Å²) in [5, 5.41) is 3.18. The molecule has 3 N–H and O–H groups in total. The van der Waals surface area contributed by atoms with Gasteiger partial charge in [0.1, 0.15) is 9.33 Å². The number of hydrogen-bond donors (Lipinski definition) is 2. The van der Waals surface area contributed by atoms with Gasteiger partial charge in [-0.15, -0.1) is 23.2 Å². The van der Waals surface area contributed by atoms with E-state index >= 15 is 0 Å². The molecule has 0 saturated heterocycles. The lowest BCUT2D eigenvalue weighted by Crippen LogP contribution is -2.16. The van der Waals surface area contributed by atoms with Crippen LogP contribution in [0, 0.1) is 5.92 Å². The molecule has 1 aromatic heterocycles. The van der Waals surface area contributed by atoms with Crippen molar-refractivity contribution >= 4 is 51.4 Å². The Kier molecular flexibility index (Phi) is 2.81. The van der Waals surface area contributed by atoms with Crippen LogP contribution >= 0.6 is 34.5 Å². The van der Waals surface area contributed by atoms with E-state index in [0.717, 1.165) is 11.3 Å². The quantitative estimate of drug-likeness (QED) is 0.820. The number of carbonyl (C=O) groups excluding carboxylic acids is 2. The molecule has 16 heavy (non-hydrogen) atoms. The van der Waals surface area contributed by atoms with E-state index in [9.17, 15) is 9.59 Å². The summed E-state index contributed by atoms with van der Waals surface area (Å²) in [4.78, 5) is 26.1. The Morgan fingerprint density at radius 3 is 2.69 bits per heavy atom. The molecule has 1 heterocycles. The summed E-state index contributed by atoms with van der Waals surface area (Å²) in [6, 6.07) is 0. The molecule has 1 atom stereocenters. The fraction of sp³-hybridized carbons (Fsp3) is 0.375. The number of amides is 2. The molecule has 0 aromatic carbocycles. The Labute approximate surface area is 105 Å². The minimum absolute atomic E-state index is 0.147. The molecule has 1 saturated carbocycles. The predicted octanol–water partition coefficient (Wildman–Crippen LogP) is 1.37. The van der Waals surface area contributed by atoms with E-state index in [1.165, 1.54) is 6.20 Å². The maximum atomic E-state index is 11.6. The number of thiazole rings is 1. The molecule has 8 heteroatoms. The zero-order valence-electron chi connectivity index (χ0n) is 7.87. The number of aromatic nitrogens is 1. The standard InChI is InChI=1S/C8H7Cl2N3O2S/c9-8(10)1-3(8)6(15)13-4-2-12-7(16-4)5(11)14/h2-3H,1H2,(H2,11,14)(H,13,15). The van der Waals surface area contributed by atoms with Crippen LogP contribution < -0.4 is 11.1 Å². The maximum Gasteiger partial charge on any atom is 0.277 e. The van der Waals surface area contributed by atoms with Crippen LogP contribution in [0.15, 0.2) is 6.20 Å². The van der Waals surface area contributed by atoms with Crippen molar-refractivity contribution < 1.29 is 9.59 Å². The molecule has 0 spiro atoms. The molecule has 1 aromatic rings. The van der Waals surface area contributed by atoms with Crippen LogP contribution in [0.25, 0.3) is 0 Å². The van der Waals surface area contributed by atoms with Crippen LogP contribution in [0.1, 0.15) is 16.2 Å². The van der Waals surface area contributed by atoms with Crippen molar-refractivity contribution in [1.82, 2.24) is 4.98 Å². The first-order valence-corrected chi connectivity index (χ1v) is 5.92. The number of nitrogens with one attached hydrogen (secondary N) is 1. The summed E-state index contributed by atoms with van der Waals surface area (Å²) < 4.78 is -0.957. The zero-order valence-corrected chi connectivity index (χ0v) is 10.2. The van der Waals surface area contributed by atoms with Crippen LogP contribution in [0.4, 0.5) is 5.00 Å². The molecule has 0 bridgehead atoms. The molecule has 2 rings (SSSR count). The lowest BCUT2D eigenvalue weighted by Gasteiger charge is -2.00. The number of nitrogens with two attached hydrogens (primary N) is 1. The highest BCUT2D eigenvalue weighted by molar-refractivity contribution is 7.17. The molecule has 2 amide bonds. The van der Waals surface area contributed by atoms with Crippen LogP contribution in [0.3, 0.4) is 0 Å². The van der Waals surface area contributed by atoms with E-state index in [2.05, 4.69) is 10.3 Å². The number of rotatable bonds is 3. The fourth-order valence-corrected chi connectivity index (χ4v) is 2.33. The van der Waals surface area contributed by atoms with Gasteiger partial charge in [0.05, 0.1) is 12.1 Å². The van der Waals surface area contributed by atoms with Crippen LogP contribution in [-0.2, 0) is 4.79 Å². The van der Waals surface area contributed by atoms with Gasteiger partial charge in [0.2, 0.25) is 5.91 Å². The Morgan fingerprint density at radius 1 is 1.62 bits per heavy atom. The van der Waals surface area contributed by atoms with Crippen LogP contribution in [0.5, 0.6) is 0 Å². The summed E-state index contributed by atoms with van der Waals surface area (Å²) in [5.74, 6) is -1.31. The van der Waals surface area contributed by atoms with Gasteiger partial charge in [0, 0.05) is 0 Å². The topological polar surface area (TPSA) is 85.1 Å². The number of alkyl halides is 2. The van der Waals surface area contributed by atoms with Gasteiger partial charge in [-0.25, -0.2) is 4.98 Å². The Balaban J connectivity index is 1.99. The van der Waals surface area contributed by atoms with Gasteiger partial charge < -0.3 is 11.1 Å². The number of hydrogen-bond acceptors (Lipinski definition) is 4. The summed E-state index contributed by atoms with van der Waals surface area (Å²) in [6.07, 6.45) is 1.80. The van der Waals surface area contributed by atoms with Crippen molar-refractivity contribution in [3.05, 3.63) is 11.2 Å². The second-order valence-electron chi connectivity index (χ2n) is 3.40. The average molecular weight is 280 g/mol. The van der Waals surface area contributed by atoms with E-state index in [1.54, 1.807) is 0 Å². The van der Waals surface area contributed by atoms with Crippen molar-refractivity contribution in [3.63, 3.8) is 0 Å². The summed E-state index contributed by atoms with van der Waals surface area (Å²) in [7, 11) is 0. The summed E-state index contributed by atoms with van der Waals surface area (Å²) in [5.41, 5.74) is 5.03. The second kappa shape index (κ2) is 3.87. The normalized spacial score (nSPS) is 21.5.